The van der Waals surface area contributed by atoms with Gasteiger partial charge in [-0.15, -0.1) is 11.8 Å². The van der Waals surface area contributed by atoms with Gasteiger partial charge in [0.05, 0.1) is 5.75 Å². The molecule has 1 aliphatic heterocycles. The molecule has 0 bridgehead atoms. The minimum atomic E-state index is 0.358. The first-order chi connectivity index (χ1) is 4.74. The molecule has 0 aromatic carbocycles. The van der Waals surface area contributed by atoms with Crippen molar-refractivity contribution in [3.63, 3.8) is 0 Å². The van der Waals surface area contributed by atoms with Gasteiger partial charge in [-0.3, -0.25) is 9.88 Å². The van der Waals surface area contributed by atoms with Crippen molar-refractivity contribution in [2.75, 3.05) is 5.75 Å². The lowest BCUT2D eigenvalue weighted by molar-refractivity contribution is -0.117. The Bertz CT molecular complexity index is 142. The van der Waals surface area contributed by atoms with Gasteiger partial charge in [0, 0.05) is 17.7 Å². The van der Waals surface area contributed by atoms with E-state index in [0.29, 0.717) is 29.2 Å². The highest BCUT2D eigenvalue weighted by molar-refractivity contribution is 8.00. The van der Waals surface area contributed by atoms with Crippen LogP contribution in [-0.4, -0.2) is 22.8 Å². The van der Waals surface area contributed by atoms with Crippen molar-refractivity contribution in [2.24, 2.45) is 0 Å². The van der Waals surface area contributed by atoms with Crippen LogP contribution in [0.4, 0.5) is 0 Å². The average molecular weight is 177 g/mol. The van der Waals surface area contributed by atoms with E-state index in [0.717, 1.165) is 0 Å². The summed E-state index contributed by atoms with van der Waals surface area (Å²) in [7, 11) is 2.47. The Labute approximate surface area is 67.8 Å². The van der Waals surface area contributed by atoms with Crippen molar-refractivity contribution in [1.82, 2.24) is 5.09 Å². The summed E-state index contributed by atoms with van der Waals surface area (Å²) in [5.74, 6) is 1.06. The van der Waals surface area contributed by atoms with Crippen LogP contribution in [0.3, 0.4) is 0 Å². The molecule has 1 saturated heterocycles. The van der Waals surface area contributed by atoms with Gasteiger partial charge in [-0.2, -0.15) is 0 Å². The van der Waals surface area contributed by atoms with Gasteiger partial charge in [-0.25, -0.2) is 0 Å². The SMILES string of the molecule is CC1SCC(=O)CC1NP. The van der Waals surface area contributed by atoms with E-state index in [1.54, 1.807) is 11.8 Å². The van der Waals surface area contributed by atoms with E-state index in [1.165, 1.54) is 0 Å². The monoisotopic (exact) mass is 177 g/mol. The van der Waals surface area contributed by atoms with Crippen LogP contribution in [0.5, 0.6) is 0 Å². The van der Waals surface area contributed by atoms with Gasteiger partial charge in [0.2, 0.25) is 0 Å². The fraction of sp³-hybridized carbons (Fsp3) is 0.833. The number of thioether (sulfide) groups is 1. The van der Waals surface area contributed by atoms with E-state index in [1.807, 2.05) is 0 Å². The maximum Gasteiger partial charge on any atom is 0.144 e. The molecule has 1 rings (SSSR count). The van der Waals surface area contributed by atoms with E-state index in [4.69, 9.17) is 0 Å². The quantitative estimate of drug-likeness (QED) is 0.601. The standard InChI is InChI=1S/C6H12NOPS/c1-4-6(7-9)2-5(8)3-10-4/h4,6-7H,2-3,9H2,1H3. The second kappa shape index (κ2) is 3.70. The van der Waals surface area contributed by atoms with Gasteiger partial charge >= 0.3 is 0 Å². The lowest BCUT2D eigenvalue weighted by Crippen LogP contribution is -2.37. The first-order valence-electron chi connectivity index (χ1n) is 3.33. The number of nitrogens with one attached hydrogen (secondary N) is 1. The van der Waals surface area contributed by atoms with Crippen LogP contribution in [0.2, 0.25) is 0 Å². The van der Waals surface area contributed by atoms with Crippen LogP contribution in [0, 0.1) is 0 Å². The van der Waals surface area contributed by atoms with Crippen LogP contribution in [-0.2, 0) is 4.79 Å². The number of Topliss-reactive ketones (excluding diaryl/α,β-unsaturated/α-hetero) is 1. The Morgan fingerprint density at radius 1 is 1.80 bits per heavy atom. The maximum absolute atomic E-state index is 10.9. The lowest BCUT2D eigenvalue weighted by Gasteiger charge is -2.26. The van der Waals surface area contributed by atoms with Crippen LogP contribution in [0.1, 0.15) is 13.3 Å². The molecule has 1 N–H and O–H groups in total. The largest absolute Gasteiger partial charge is 0.299 e. The van der Waals surface area contributed by atoms with Crippen molar-refractivity contribution >= 4 is 26.9 Å². The van der Waals surface area contributed by atoms with E-state index in [-0.39, 0.29) is 0 Å². The van der Waals surface area contributed by atoms with Gasteiger partial charge in [0.25, 0.3) is 0 Å². The molecule has 58 valence electrons. The van der Waals surface area contributed by atoms with Gasteiger partial charge in [0.15, 0.2) is 0 Å². The van der Waals surface area contributed by atoms with Crippen molar-refractivity contribution in [1.29, 1.82) is 0 Å². The molecule has 0 aromatic heterocycles. The normalized spacial score (nSPS) is 34.4. The summed E-state index contributed by atoms with van der Waals surface area (Å²) in [6.45, 7) is 2.15. The summed E-state index contributed by atoms with van der Waals surface area (Å²) >= 11 is 1.73. The molecule has 0 radical (unpaired) electrons. The Hall–Kier alpha value is 0.410. The summed E-state index contributed by atoms with van der Waals surface area (Å²) in [5.41, 5.74) is 0. The van der Waals surface area contributed by atoms with Gasteiger partial charge in [-0.1, -0.05) is 16.3 Å². The first-order valence-corrected chi connectivity index (χ1v) is 4.96. The Balaban J connectivity index is 2.45. The molecule has 0 spiro atoms. The predicted octanol–water partition coefficient (Wildman–Crippen LogP) is 0.829. The zero-order valence-electron chi connectivity index (χ0n) is 5.96. The third kappa shape index (κ3) is 1.94. The maximum atomic E-state index is 10.9. The second-order valence-electron chi connectivity index (χ2n) is 2.53. The van der Waals surface area contributed by atoms with E-state index in [9.17, 15) is 4.79 Å². The second-order valence-corrected chi connectivity index (χ2v) is 4.23. The number of carbonyl (C=O) groups excluding carboxylic acids is 1. The predicted molar refractivity (Wildman–Crippen MR) is 48.2 cm³/mol. The summed E-state index contributed by atoms with van der Waals surface area (Å²) in [5, 5.41) is 3.62. The zero-order chi connectivity index (χ0) is 7.56. The summed E-state index contributed by atoms with van der Waals surface area (Å²) in [6.07, 6.45) is 0.692. The molecule has 3 atom stereocenters. The average Bonchev–Trinajstić information content (AvgIpc) is 1.94. The van der Waals surface area contributed by atoms with Gasteiger partial charge in [0.1, 0.15) is 5.78 Å². The highest BCUT2D eigenvalue weighted by atomic mass is 32.2. The Kier molecular flexibility index (Phi) is 3.15. The number of carbonyl (C=O) groups is 1. The molecule has 1 heterocycles. The highest BCUT2D eigenvalue weighted by Gasteiger charge is 2.24. The molecule has 4 heteroatoms. The fourth-order valence-corrected chi connectivity index (χ4v) is 2.52. The zero-order valence-corrected chi connectivity index (χ0v) is 7.93. The first kappa shape index (κ1) is 8.51. The Morgan fingerprint density at radius 2 is 2.50 bits per heavy atom. The number of hydrogen-bond acceptors (Lipinski definition) is 3. The molecule has 1 aliphatic rings. The topological polar surface area (TPSA) is 29.1 Å². The van der Waals surface area contributed by atoms with Crippen LogP contribution in [0.25, 0.3) is 0 Å². The van der Waals surface area contributed by atoms with Crippen molar-refractivity contribution in [3.05, 3.63) is 0 Å². The lowest BCUT2D eigenvalue weighted by atomic mass is 10.1. The molecule has 2 nitrogen and oxygen atoms in total. The van der Waals surface area contributed by atoms with Crippen molar-refractivity contribution in [2.45, 2.75) is 24.6 Å². The molecule has 0 aliphatic carbocycles. The molecule has 0 aromatic rings. The molecule has 0 amide bonds. The minimum Gasteiger partial charge on any atom is -0.299 e. The van der Waals surface area contributed by atoms with Crippen LogP contribution >= 0.6 is 21.2 Å². The summed E-state index contributed by atoms with van der Waals surface area (Å²) in [4.78, 5) is 10.9. The van der Waals surface area contributed by atoms with Gasteiger partial charge < -0.3 is 0 Å². The third-order valence-corrected chi connectivity index (χ3v) is 3.51. The molecule has 10 heavy (non-hydrogen) atoms. The number of rotatable bonds is 1. The van der Waals surface area contributed by atoms with Crippen LogP contribution in [0.15, 0.2) is 0 Å². The minimum absolute atomic E-state index is 0.358. The van der Waals surface area contributed by atoms with E-state index < -0.39 is 0 Å². The van der Waals surface area contributed by atoms with Crippen LogP contribution < -0.4 is 5.09 Å². The molecular weight excluding hydrogens is 165 g/mol. The van der Waals surface area contributed by atoms with E-state index in [2.05, 4.69) is 21.4 Å². The van der Waals surface area contributed by atoms with Crippen molar-refractivity contribution in [3.8, 4) is 0 Å². The highest BCUT2D eigenvalue weighted by Crippen LogP contribution is 2.23. The van der Waals surface area contributed by atoms with Crippen molar-refractivity contribution < 1.29 is 4.79 Å². The summed E-state index contributed by atoms with van der Waals surface area (Å²) in [6, 6.07) is 0.358. The molecule has 3 unspecified atom stereocenters. The smallest absolute Gasteiger partial charge is 0.144 e. The fourth-order valence-electron chi connectivity index (χ4n) is 1.01. The molecule has 1 fully saturated rings. The molecule has 0 saturated carbocycles. The van der Waals surface area contributed by atoms with E-state index >= 15 is 0 Å². The third-order valence-electron chi connectivity index (χ3n) is 1.74. The summed E-state index contributed by atoms with van der Waals surface area (Å²) < 4.78 is 0. The van der Waals surface area contributed by atoms with Gasteiger partial charge in [-0.05, 0) is 0 Å². The number of hydrogen-bond donors (Lipinski definition) is 1. The Morgan fingerprint density at radius 3 is 3.00 bits per heavy atom. The number of ketones is 1. The molecular formula is C6H12NOPS.